The van der Waals surface area contributed by atoms with Crippen LogP contribution in [0.15, 0.2) is 17.1 Å². The van der Waals surface area contributed by atoms with Gasteiger partial charge in [-0.25, -0.2) is 18.1 Å². The lowest BCUT2D eigenvalue weighted by Gasteiger charge is -2.22. The molecule has 1 fully saturated rings. The Morgan fingerprint density at radius 2 is 2.32 bits per heavy atom. The zero-order chi connectivity index (χ0) is 16.5. The number of nitrogens with one attached hydrogen (secondary N) is 1. The third-order valence-corrected chi connectivity index (χ3v) is 3.36. The lowest BCUT2D eigenvalue weighted by Crippen LogP contribution is -2.37. The van der Waals surface area contributed by atoms with Crippen molar-refractivity contribution in [2.75, 3.05) is 12.1 Å². The number of phosphoric acid groups is 1. The maximum absolute atomic E-state index is 14.2. The van der Waals surface area contributed by atoms with E-state index >= 15 is 0 Å². The van der Waals surface area contributed by atoms with Gasteiger partial charge in [0.05, 0.1) is 0 Å². The largest absolute Gasteiger partial charge is 0.469 e. The van der Waals surface area contributed by atoms with E-state index in [-0.39, 0.29) is 5.82 Å². The highest BCUT2D eigenvalue weighted by Gasteiger charge is 2.52. The molecule has 1 aromatic rings. The second-order valence-corrected chi connectivity index (χ2v) is 5.68. The van der Waals surface area contributed by atoms with Crippen LogP contribution in [-0.4, -0.2) is 43.2 Å². The monoisotopic (exact) mass is 343 g/mol. The Bertz CT molecular complexity index is 652. The molecule has 124 valence electrons. The van der Waals surface area contributed by atoms with E-state index in [4.69, 9.17) is 19.7 Å². The minimum absolute atomic E-state index is 0.174. The maximum atomic E-state index is 14.2. The molecule has 0 spiro atoms. The van der Waals surface area contributed by atoms with E-state index in [2.05, 4.69) is 9.51 Å². The van der Waals surface area contributed by atoms with Crippen LogP contribution >= 0.6 is 7.82 Å². The molecular weight excluding hydrogens is 331 g/mol. The summed E-state index contributed by atoms with van der Waals surface area (Å²) < 4.78 is 47.9. The molecule has 0 aromatic carbocycles. The van der Waals surface area contributed by atoms with E-state index < -0.39 is 44.8 Å². The second kappa shape index (κ2) is 5.99. The van der Waals surface area contributed by atoms with Crippen molar-refractivity contribution in [3.05, 3.63) is 22.7 Å². The van der Waals surface area contributed by atoms with Crippen LogP contribution in [-0.2, 0) is 13.8 Å². The van der Waals surface area contributed by atoms with Gasteiger partial charge in [-0.2, -0.15) is 4.98 Å². The summed E-state index contributed by atoms with van der Waals surface area (Å²) in [6, 6.07) is 1.16. The van der Waals surface area contributed by atoms with E-state index in [9.17, 15) is 18.1 Å². The van der Waals surface area contributed by atoms with E-state index in [0.29, 0.717) is 0 Å². The Morgan fingerprint density at radius 1 is 1.64 bits per heavy atom. The van der Waals surface area contributed by atoms with Crippen molar-refractivity contribution < 1.29 is 37.6 Å². The van der Waals surface area contributed by atoms with Gasteiger partial charge in [-0.3, -0.25) is 19.8 Å². The van der Waals surface area contributed by atoms with Crippen molar-refractivity contribution in [3.63, 3.8) is 0 Å². The molecule has 10 nitrogen and oxygen atoms in total. The molecule has 1 aromatic heterocycles. The fourth-order valence-electron chi connectivity index (χ4n) is 1.86. The van der Waals surface area contributed by atoms with Crippen molar-refractivity contribution >= 4 is 13.6 Å². The number of hydrogen-bond donors (Lipinski definition) is 4. The van der Waals surface area contributed by atoms with Crippen LogP contribution in [0.4, 0.5) is 14.6 Å². The highest BCUT2D eigenvalue weighted by Crippen LogP contribution is 2.44. The molecule has 0 saturated carbocycles. The molecule has 0 bridgehead atoms. The Kier molecular flexibility index (Phi) is 4.61. The first kappa shape index (κ1) is 16.9. The average Bonchev–Trinajstić information content (AvgIpc) is 2.72. The summed E-state index contributed by atoms with van der Waals surface area (Å²) in [6.45, 7) is -1.34. The van der Waals surface area contributed by atoms with E-state index in [1.165, 1.54) is 0 Å². The average molecular weight is 343 g/mol. The smallest absolute Gasteiger partial charge is 0.317 e. The van der Waals surface area contributed by atoms with Crippen LogP contribution in [0.2, 0.25) is 0 Å². The van der Waals surface area contributed by atoms with E-state index in [1.807, 2.05) is 0 Å². The summed E-state index contributed by atoms with van der Waals surface area (Å²) in [5.41, 5.74) is 0.680. The number of halogens is 2. The summed E-state index contributed by atoms with van der Waals surface area (Å²) >= 11 is 0. The predicted molar refractivity (Wildman–Crippen MR) is 65.4 cm³/mol. The first-order chi connectivity index (χ1) is 10.1. The summed E-state index contributed by atoms with van der Waals surface area (Å²) in [7, 11) is -5.00. The molecule has 1 aliphatic rings. The normalized spacial score (nSPS) is 28.8. The lowest BCUT2D eigenvalue weighted by atomic mass is 10.2. The number of anilines is 1. The van der Waals surface area contributed by atoms with Crippen LogP contribution in [0.5, 0.6) is 0 Å². The van der Waals surface area contributed by atoms with Gasteiger partial charge in [-0.1, -0.05) is 0 Å². The Morgan fingerprint density at radius 3 is 2.86 bits per heavy atom. The van der Waals surface area contributed by atoms with Gasteiger partial charge in [0.2, 0.25) is 0 Å². The van der Waals surface area contributed by atoms with Crippen molar-refractivity contribution in [3.8, 4) is 0 Å². The summed E-state index contributed by atoms with van der Waals surface area (Å²) in [5, 5.41) is 8.59. The van der Waals surface area contributed by atoms with Crippen molar-refractivity contribution in [2.24, 2.45) is 0 Å². The summed E-state index contributed by atoms with van der Waals surface area (Å²) in [5.74, 6) is -3.29. The van der Waals surface area contributed by atoms with Crippen molar-refractivity contribution in [1.29, 1.82) is 0 Å². The van der Waals surface area contributed by atoms with Gasteiger partial charge in [0.15, 0.2) is 12.0 Å². The molecule has 2 rings (SSSR count). The number of ether oxygens (including phenoxy) is 1. The molecule has 0 aliphatic carbocycles. The van der Waals surface area contributed by atoms with Gasteiger partial charge in [-0.05, 0) is 6.07 Å². The van der Waals surface area contributed by atoms with Crippen LogP contribution in [0.3, 0.4) is 0 Å². The number of hydrogen-bond acceptors (Lipinski definition) is 7. The fourth-order valence-corrected chi connectivity index (χ4v) is 2.21. The molecule has 3 atom stereocenters. The number of nitrogens with zero attached hydrogens (tertiary/aromatic N) is 2. The minimum atomic E-state index is -5.00. The first-order valence-corrected chi connectivity index (χ1v) is 7.38. The summed E-state index contributed by atoms with van der Waals surface area (Å²) in [4.78, 5) is 32.0. The van der Waals surface area contributed by atoms with Gasteiger partial charge >= 0.3 is 13.5 Å². The molecule has 4 N–H and O–H groups in total. The highest BCUT2D eigenvalue weighted by molar-refractivity contribution is 7.46. The molecule has 0 unspecified atom stereocenters. The molecule has 0 amide bonds. The fraction of sp³-hybridized carbons (Fsp3) is 0.556. The van der Waals surface area contributed by atoms with Gasteiger partial charge < -0.3 is 14.5 Å². The minimum Gasteiger partial charge on any atom is -0.317 e. The van der Waals surface area contributed by atoms with E-state index in [1.54, 1.807) is 5.48 Å². The maximum Gasteiger partial charge on any atom is 0.469 e. The Labute approximate surface area is 121 Å². The number of phosphoric ester groups is 1. The third kappa shape index (κ3) is 3.66. The van der Waals surface area contributed by atoms with Gasteiger partial charge in [-0.15, -0.1) is 0 Å². The standard InChI is InChI=1S/C9H12F2N3O7P/c10-5-3-7(14-2-1-6(13-16)12-8(14)15)21-9(5,11)4-20-22(17,18)19/h1-2,5,7,16H,3-4H2,(H,12,13,15)(H2,17,18,19)/t5-,7+,9+/m0/s1. The number of alkyl halides is 2. The number of aromatic nitrogens is 2. The molecule has 1 aliphatic heterocycles. The first-order valence-electron chi connectivity index (χ1n) is 5.85. The summed E-state index contributed by atoms with van der Waals surface area (Å²) in [6.07, 6.45) is -3.16. The van der Waals surface area contributed by atoms with Crippen LogP contribution in [0, 0.1) is 0 Å². The van der Waals surface area contributed by atoms with Crippen molar-refractivity contribution in [2.45, 2.75) is 24.7 Å². The molecular formula is C9H12F2N3O7P. The van der Waals surface area contributed by atoms with Crippen LogP contribution in [0.25, 0.3) is 0 Å². The van der Waals surface area contributed by atoms with Gasteiger partial charge in [0.1, 0.15) is 12.8 Å². The SMILES string of the molecule is O=c1nc(NO)ccn1[C@H]1C[C@H](F)[C@@](F)(COP(=O)(O)O)O1. The Balaban J connectivity index is 2.16. The zero-order valence-corrected chi connectivity index (χ0v) is 11.7. The Hall–Kier alpha value is -1.43. The van der Waals surface area contributed by atoms with Crippen LogP contribution < -0.4 is 11.2 Å². The topological polar surface area (TPSA) is 143 Å². The molecule has 0 radical (unpaired) electrons. The highest BCUT2D eigenvalue weighted by atomic mass is 31.2. The van der Waals surface area contributed by atoms with Crippen LogP contribution in [0.1, 0.15) is 12.6 Å². The van der Waals surface area contributed by atoms with Crippen molar-refractivity contribution in [1.82, 2.24) is 9.55 Å². The molecule has 13 heteroatoms. The number of rotatable bonds is 5. The predicted octanol–water partition coefficient (Wildman–Crippen LogP) is 0.0765. The van der Waals surface area contributed by atoms with E-state index in [0.717, 1.165) is 16.8 Å². The molecule has 2 heterocycles. The van der Waals surface area contributed by atoms with Gasteiger partial charge in [0, 0.05) is 12.6 Å². The van der Waals surface area contributed by atoms with Gasteiger partial charge in [0.25, 0.3) is 5.85 Å². The third-order valence-electron chi connectivity index (χ3n) is 2.89. The second-order valence-electron chi connectivity index (χ2n) is 4.44. The molecule has 22 heavy (non-hydrogen) atoms. The lowest BCUT2D eigenvalue weighted by molar-refractivity contribution is -0.193. The molecule has 1 saturated heterocycles. The zero-order valence-electron chi connectivity index (χ0n) is 10.8. The quantitative estimate of drug-likeness (QED) is 0.431.